The molecule has 2 amide bonds. The Bertz CT molecular complexity index is 152. The lowest BCUT2D eigenvalue weighted by Gasteiger charge is -1.97. The molecule has 0 saturated carbocycles. The van der Waals surface area contributed by atoms with E-state index in [-0.39, 0.29) is 6.61 Å². The Morgan fingerprint density at radius 1 is 1.55 bits per heavy atom. The van der Waals surface area contributed by atoms with E-state index < -0.39 is 11.8 Å². The molecule has 11 heavy (non-hydrogen) atoms. The number of carbonyl (C=O) groups is 2. The van der Waals surface area contributed by atoms with E-state index in [1.807, 2.05) is 0 Å². The summed E-state index contributed by atoms with van der Waals surface area (Å²) in [7, 11) is 2.20. The van der Waals surface area contributed by atoms with E-state index in [0.29, 0.717) is 5.75 Å². The average Bonchev–Trinajstić information content (AvgIpc) is 1.97. The average molecular weight is 196 g/mol. The minimum atomic E-state index is -1.01. The second kappa shape index (κ2) is 6.32. The molecule has 0 aromatic heterocycles. The van der Waals surface area contributed by atoms with Gasteiger partial charge in [0, 0.05) is 16.7 Å². The van der Waals surface area contributed by atoms with Gasteiger partial charge in [0.15, 0.2) is 0 Å². The van der Waals surface area contributed by atoms with Crippen LogP contribution < -0.4 is 10.5 Å². The van der Waals surface area contributed by atoms with Gasteiger partial charge in [0.1, 0.15) is 0 Å². The zero-order valence-corrected chi connectivity index (χ0v) is 7.20. The van der Waals surface area contributed by atoms with Gasteiger partial charge >= 0.3 is 11.8 Å². The van der Waals surface area contributed by atoms with Gasteiger partial charge in [-0.05, 0) is 0 Å². The summed E-state index contributed by atoms with van der Waals surface area (Å²) in [5.74, 6) is -1.36. The van der Waals surface area contributed by atoms with Crippen molar-refractivity contribution < 1.29 is 14.7 Å². The number of aliphatic hydroxyl groups is 1. The topological polar surface area (TPSA) is 92.4 Å². The molecule has 0 saturated heterocycles. The van der Waals surface area contributed by atoms with Crippen molar-refractivity contribution in [1.82, 2.24) is 4.72 Å². The van der Waals surface area contributed by atoms with Gasteiger partial charge in [0.05, 0.1) is 6.61 Å². The first-order valence-electron chi connectivity index (χ1n) is 2.67. The largest absolute Gasteiger partial charge is 0.395 e. The second-order valence-electron chi connectivity index (χ2n) is 1.42. The Morgan fingerprint density at radius 3 is 2.64 bits per heavy atom. The lowest BCUT2D eigenvalue weighted by molar-refractivity contribution is -0.136. The maximum Gasteiger partial charge on any atom is 0.319 e. The number of rotatable bonds is 4. The van der Waals surface area contributed by atoms with Gasteiger partial charge in [-0.2, -0.15) is 0 Å². The highest BCUT2D eigenvalue weighted by molar-refractivity contribution is 8.76. The fourth-order valence-corrected chi connectivity index (χ4v) is 1.47. The van der Waals surface area contributed by atoms with E-state index >= 15 is 0 Å². The van der Waals surface area contributed by atoms with Crippen LogP contribution in [0.25, 0.3) is 0 Å². The van der Waals surface area contributed by atoms with E-state index in [9.17, 15) is 9.59 Å². The fraction of sp³-hybridized carbons (Fsp3) is 0.500. The van der Waals surface area contributed by atoms with E-state index in [1.54, 1.807) is 0 Å². The van der Waals surface area contributed by atoms with Gasteiger partial charge in [-0.1, -0.05) is 10.8 Å². The van der Waals surface area contributed by atoms with Crippen LogP contribution >= 0.6 is 21.8 Å². The molecule has 0 radical (unpaired) electrons. The molecule has 0 aliphatic heterocycles. The van der Waals surface area contributed by atoms with Gasteiger partial charge < -0.3 is 10.8 Å². The zero-order chi connectivity index (χ0) is 8.69. The summed E-state index contributed by atoms with van der Waals surface area (Å²) >= 11 is 0. The first kappa shape index (κ1) is 10.6. The summed E-state index contributed by atoms with van der Waals surface area (Å²) < 4.78 is 2.17. The summed E-state index contributed by atoms with van der Waals surface area (Å²) in [4.78, 5) is 20.5. The van der Waals surface area contributed by atoms with Crippen LogP contribution in [0.15, 0.2) is 0 Å². The van der Waals surface area contributed by atoms with Crippen molar-refractivity contribution in [2.75, 3.05) is 12.4 Å². The molecule has 0 spiro atoms. The minimum absolute atomic E-state index is 0.0319. The molecule has 4 N–H and O–H groups in total. The normalized spacial score (nSPS) is 9.18. The van der Waals surface area contributed by atoms with Crippen molar-refractivity contribution in [2.45, 2.75) is 0 Å². The number of aliphatic hydroxyl groups excluding tert-OH is 1. The molecule has 0 bridgehead atoms. The highest BCUT2D eigenvalue weighted by atomic mass is 33.1. The van der Waals surface area contributed by atoms with E-state index in [1.165, 1.54) is 10.8 Å². The van der Waals surface area contributed by atoms with Crippen LogP contribution in [-0.4, -0.2) is 29.3 Å². The van der Waals surface area contributed by atoms with Gasteiger partial charge in [0.25, 0.3) is 0 Å². The molecule has 0 aromatic rings. The molecule has 0 rings (SSSR count). The lowest BCUT2D eigenvalue weighted by Crippen LogP contribution is -2.31. The smallest absolute Gasteiger partial charge is 0.319 e. The first-order chi connectivity index (χ1) is 5.18. The molecular weight excluding hydrogens is 188 g/mol. The summed E-state index contributed by atoms with van der Waals surface area (Å²) in [6.45, 7) is 0.0319. The lowest BCUT2D eigenvalue weighted by atomic mass is 10.6. The van der Waals surface area contributed by atoms with Crippen LogP contribution in [-0.2, 0) is 9.59 Å². The molecule has 0 aliphatic rings. The summed E-state index contributed by atoms with van der Waals surface area (Å²) in [5.41, 5.74) is 4.63. The van der Waals surface area contributed by atoms with Gasteiger partial charge in [0.2, 0.25) is 0 Å². The molecule has 64 valence electrons. The fourth-order valence-electron chi connectivity index (χ4n) is 0.197. The van der Waals surface area contributed by atoms with Gasteiger partial charge in [-0.15, -0.1) is 0 Å². The van der Waals surface area contributed by atoms with Crippen molar-refractivity contribution in [3.8, 4) is 0 Å². The van der Waals surface area contributed by atoms with Gasteiger partial charge in [-0.3, -0.25) is 14.3 Å². The van der Waals surface area contributed by atoms with Gasteiger partial charge in [-0.25, -0.2) is 0 Å². The molecule has 7 heteroatoms. The molecule has 0 aliphatic carbocycles. The number of primary amides is 1. The monoisotopic (exact) mass is 196 g/mol. The molecule has 0 heterocycles. The van der Waals surface area contributed by atoms with Crippen LogP contribution in [0.3, 0.4) is 0 Å². The summed E-state index contributed by atoms with van der Waals surface area (Å²) in [5, 5.41) is 8.30. The van der Waals surface area contributed by atoms with Crippen LogP contribution in [0, 0.1) is 0 Å². The van der Waals surface area contributed by atoms with Crippen molar-refractivity contribution in [3.63, 3.8) is 0 Å². The van der Waals surface area contributed by atoms with E-state index in [0.717, 1.165) is 11.0 Å². The Morgan fingerprint density at radius 2 is 2.18 bits per heavy atom. The summed E-state index contributed by atoms with van der Waals surface area (Å²) in [6, 6.07) is 0. The Labute approximate surface area is 71.6 Å². The highest BCUT2D eigenvalue weighted by Crippen LogP contribution is 2.15. The predicted octanol–water partition coefficient (Wildman–Crippen LogP) is -1.12. The van der Waals surface area contributed by atoms with Crippen molar-refractivity contribution >= 4 is 33.6 Å². The standard InChI is InChI=1S/C4H8N2O3S2/c5-3(8)4(9)6-11-10-2-1-7/h7H,1-2H2,(H2,5,8)(H,6,9). The Balaban J connectivity index is 3.25. The third-order valence-corrected chi connectivity index (χ3v) is 2.43. The van der Waals surface area contributed by atoms with Crippen LogP contribution in [0.2, 0.25) is 0 Å². The van der Waals surface area contributed by atoms with Crippen LogP contribution in [0.1, 0.15) is 0 Å². The highest BCUT2D eigenvalue weighted by Gasteiger charge is 2.06. The SMILES string of the molecule is NC(=O)C(=O)NSSCCO. The van der Waals surface area contributed by atoms with Crippen LogP contribution in [0.5, 0.6) is 0 Å². The number of hydrogen-bond acceptors (Lipinski definition) is 5. The molecule has 0 atom stereocenters. The first-order valence-corrected chi connectivity index (χ1v) is 4.99. The Hall–Kier alpha value is -0.400. The minimum Gasteiger partial charge on any atom is -0.395 e. The molecule has 0 unspecified atom stereocenters. The van der Waals surface area contributed by atoms with Crippen molar-refractivity contribution in [3.05, 3.63) is 0 Å². The third kappa shape index (κ3) is 6.02. The summed E-state index contributed by atoms with van der Waals surface area (Å²) in [6.07, 6.45) is 0. The predicted molar refractivity (Wildman–Crippen MR) is 44.5 cm³/mol. The van der Waals surface area contributed by atoms with Crippen molar-refractivity contribution in [1.29, 1.82) is 0 Å². The zero-order valence-electron chi connectivity index (χ0n) is 5.57. The molecule has 0 fully saturated rings. The number of amides is 2. The number of nitrogens with two attached hydrogens (primary N) is 1. The van der Waals surface area contributed by atoms with Crippen LogP contribution in [0.4, 0.5) is 0 Å². The van der Waals surface area contributed by atoms with Crippen molar-refractivity contribution in [2.24, 2.45) is 5.73 Å². The number of carbonyl (C=O) groups excluding carboxylic acids is 2. The second-order valence-corrected chi connectivity index (χ2v) is 3.65. The quantitative estimate of drug-likeness (QED) is 0.229. The molecule has 5 nitrogen and oxygen atoms in total. The molecular formula is C4H8N2O3S2. The Kier molecular flexibility index (Phi) is 6.09. The number of hydrogen-bond donors (Lipinski definition) is 3. The van der Waals surface area contributed by atoms with E-state index in [2.05, 4.69) is 10.5 Å². The maximum absolute atomic E-state index is 10.4. The molecule has 0 aromatic carbocycles. The third-order valence-electron chi connectivity index (χ3n) is 0.592. The number of nitrogens with one attached hydrogen (secondary N) is 1. The maximum atomic E-state index is 10.4. The van der Waals surface area contributed by atoms with E-state index in [4.69, 9.17) is 5.11 Å².